The van der Waals surface area contributed by atoms with Crippen LogP contribution in [0.5, 0.6) is 0 Å². The molecule has 4 heteroatoms. The lowest BCUT2D eigenvalue weighted by Crippen LogP contribution is -2.21. The Kier molecular flexibility index (Phi) is 3.24. The Labute approximate surface area is 106 Å². The molecule has 1 aromatic carbocycles. The first-order valence-electron chi connectivity index (χ1n) is 5.50. The highest BCUT2D eigenvalue weighted by Gasteiger charge is 2.19. The van der Waals surface area contributed by atoms with Crippen LogP contribution in [0.1, 0.15) is 30.9 Å². The number of amides is 1. The van der Waals surface area contributed by atoms with E-state index < -0.39 is 0 Å². The highest BCUT2D eigenvalue weighted by molar-refractivity contribution is 7.80. The lowest BCUT2D eigenvalue weighted by atomic mass is 10.0. The Bertz CT molecular complexity index is 489. The van der Waals surface area contributed by atoms with Gasteiger partial charge in [-0.15, -0.1) is 0 Å². The minimum atomic E-state index is -0.178. The highest BCUT2D eigenvalue weighted by Crippen LogP contribution is 2.16. The summed E-state index contributed by atoms with van der Waals surface area (Å²) in [6.07, 6.45) is 1.79. The SMILES string of the molecule is CC(C)c1ccc(/C=C2\NC(=S)NC2=O)cc1. The van der Waals surface area contributed by atoms with Crippen molar-refractivity contribution >= 4 is 29.3 Å². The summed E-state index contributed by atoms with van der Waals surface area (Å²) in [5.74, 6) is 0.333. The van der Waals surface area contributed by atoms with E-state index >= 15 is 0 Å². The second-order valence-corrected chi connectivity index (χ2v) is 4.70. The van der Waals surface area contributed by atoms with Crippen LogP contribution in [-0.4, -0.2) is 11.0 Å². The molecule has 1 heterocycles. The number of hydrogen-bond donors (Lipinski definition) is 2. The molecule has 1 saturated heterocycles. The zero-order chi connectivity index (χ0) is 12.4. The van der Waals surface area contributed by atoms with Gasteiger partial charge in [-0.25, -0.2) is 0 Å². The van der Waals surface area contributed by atoms with Gasteiger partial charge in [0.15, 0.2) is 5.11 Å². The molecule has 2 rings (SSSR count). The number of thiocarbonyl (C=S) groups is 1. The fraction of sp³-hybridized carbons (Fsp3) is 0.231. The molecule has 0 unspecified atom stereocenters. The van der Waals surface area contributed by atoms with Crippen LogP contribution in [0.25, 0.3) is 6.08 Å². The molecule has 1 amide bonds. The maximum absolute atomic E-state index is 11.4. The molecule has 1 aromatic rings. The van der Waals surface area contributed by atoms with E-state index in [2.05, 4.69) is 36.6 Å². The van der Waals surface area contributed by atoms with Crippen LogP contribution in [-0.2, 0) is 4.79 Å². The smallest absolute Gasteiger partial charge is 0.273 e. The summed E-state index contributed by atoms with van der Waals surface area (Å²) in [6.45, 7) is 4.30. The fourth-order valence-electron chi connectivity index (χ4n) is 1.63. The third kappa shape index (κ3) is 2.71. The van der Waals surface area contributed by atoms with Gasteiger partial charge >= 0.3 is 0 Å². The average Bonchev–Trinajstić information content (AvgIpc) is 2.58. The third-order valence-electron chi connectivity index (χ3n) is 2.63. The van der Waals surface area contributed by atoms with Gasteiger partial charge in [-0.3, -0.25) is 10.1 Å². The average molecular weight is 246 g/mol. The van der Waals surface area contributed by atoms with Gasteiger partial charge in [-0.05, 0) is 35.3 Å². The molecule has 17 heavy (non-hydrogen) atoms. The van der Waals surface area contributed by atoms with Crippen LogP contribution in [0, 0.1) is 0 Å². The van der Waals surface area contributed by atoms with Crippen molar-refractivity contribution in [1.82, 2.24) is 10.6 Å². The van der Waals surface area contributed by atoms with Crippen molar-refractivity contribution < 1.29 is 4.79 Å². The maximum Gasteiger partial charge on any atom is 0.273 e. The van der Waals surface area contributed by atoms with Crippen molar-refractivity contribution in [2.24, 2.45) is 0 Å². The first-order chi connectivity index (χ1) is 8.06. The normalized spacial score (nSPS) is 17.5. The van der Waals surface area contributed by atoms with Crippen molar-refractivity contribution in [1.29, 1.82) is 0 Å². The summed E-state index contributed by atoms with van der Waals surface area (Å²) in [5, 5.41) is 5.71. The first kappa shape index (κ1) is 11.8. The van der Waals surface area contributed by atoms with E-state index in [1.807, 2.05) is 12.1 Å². The van der Waals surface area contributed by atoms with Gasteiger partial charge < -0.3 is 5.32 Å². The lowest BCUT2D eigenvalue weighted by molar-refractivity contribution is -0.115. The van der Waals surface area contributed by atoms with Gasteiger partial charge in [0.1, 0.15) is 5.70 Å². The highest BCUT2D eigenvalue weighted by atomic mass is 32.1. The van der Waals surface area contributed by atoms with Crippen LogP contribution in [0.2, 0.25) is 0 Å². The lowest BCUT2D eigenvalue weighted by Gasteiger charge is -2.05. The Hall–Kier alpha value is -1.68. The molecule has 0 aliphatic carbocycles. The standard InChI is InChI=1S/C13H14N2OS/c1-8(2)10-5-3-9(4-6-10)7-11-12(16)15-13(17)14-11/h3-8H,1-2H3,(H2,14,15,16,17)/b11-7-. The molecule has 0 saturated carbocycles. The molecule has 0 aromatic heterocycles. The van der Waals surface area contributed by atoms with Crippen LogP contribution < -0.4 is 10.6 Å². The Morgan fingerprint density at radius 3 is 2.29 bits per heavy atom. The summed E-state index contributed by atoms with van der Waals surface area (Å²) >= 11 is 4.86. The first-order valence-corrected chi connectivity index (χ1v) is 5.91. The molecule has 0 bridgehead atoms. The van der Waals surface area contributed by atoms with Crippen LogP contribution in [0.3, 0.4) is 0 Å². The van der Waals surface area contributed by atoms with Crippen LogP contribution >= 0.6 is 12.2 Å². The number of hydrogen-bond acceptors (Lipinski definition) is 2. The topological polar surface area (TPSA) is 41.1 Å². The molecule has 1 aliphatic heterocycles. The Morgan fingerprint density at radius 1 is 1.18 bits per heavy atom. The molecule has 0 radical (unpaired) electrons. The summed E-state index contributed by atoms with van der Waals surface area (Å²) < 4.78 is 0. The number of nitrogens with one attached hydrogen (secondary N) is 2. The predicted octanol–water partition coefficient (Wildman–Crippen LogP) is 2.16. The van der Waals surface area contributed by atoms with Crippen molar-refractivity contribution in [3.05, 3.63) is 41.1 Å². The largest absolute Gasteiger partial charge is 0.328 e. The van der Waals surface area contributed by atoms with Crippen LogP contribution in [0.4, 0.5) is 0 Å². The Morgan fingerprint density at radius 2 is 1.82 bits per heavy atom. The number of carbonyl (C=O) groups excluding carboxylic acids is 1. The van der Waals surface area contributed by atoms with Gasteiger partial charge in [-0.1, -0.05) is 38.1 Å². The van der Waals surface area contributed by atoms with Gasteiger partial charge in [0.05, 0.1) is 0 Å². The van der Waals surface area contributed by atoms with Crippen molar-refractivity contribution in [2.75, 3.05) is 0 Å². The van der Waals surface area contributed by atoms with E-state index in [0.29, 0.717) is 16.7 Å². The summed E-state index contributed by atoms with van der Waals surface area (Å²) in [6, 6.07) is 8.14. The van der Waals surface area contributed by atoms with E-state index in [4.69, 9.17) is 12.2 Å². The summed E-state index contributed by atoms with van der Waals surface area (Å²) in [5.41, 5.74) is 2.76. The van der Waals surface area contributed by atoms with Gasteiger partial charge in [0.25, 0.3) is 5.91 Å². The zero-order valence-corrected chi connectivity index (χ0v) is 10.6. The number of benzene rings is 1. The number of carbonyl (C=O) groups is 1. The second-order valence-electron chi connectivity index (χ2n) is 4.29. The third-order valence-corrected chi connectivity index (χ3v) is 2.84. The molecule has 2 N–H and O–H groups in total. The monoisotopic (exact) mass is 246 g/mol. The Balaban J connectivity index is 2.21. The number of rotatable bonds is 2. The van der Waals surface area contributed by atoms with Gasteiger partial charge in [0, 0.05) is 0 Å². The molecule has 0 atom stereocenters. The summed E-state index contributed by atoms with van der Waals surface area (Å²) in [7, 11) is 0. The quantitative estimate of drug-likeness (QED) is 0.620. The molecule has 3 nitrogen and oxygen atoms in total. The molecule has 1 fully saturated rings. The van der Waals surface area contributed by atoms with E-state index in [1.165, 1.54) is 5.56 Å². The van der Waals surface area contributed by atoms with Crippen LogP contribution in [0.15, 0.2) is 30.0 Å². The molecule has 0 spiro atoms. The van der Waals surface area contributed by atoms with E-state index in [0.717, 1.165) is 5.56 Å². The predicted molar refractivity (Wildman–Crippen MR) is 72.4 cm³/mol. The minimum Gasteiger partial charge on any atom is -0.328 e. The van der Waals surface area contributed by atoms with Crippen molar-refractivity contribution in [3.8, 4) is 0 Å². The maximum atomic E-state index is 11.4. The minimum absolute atomic E-state index is 0.178. The fourth-order valence-corrected chi connectivity index (χ4v) is 1.83. The van der Waals surface area contributed by atoms with E-state index in [9.17, 15) is 4.79 Å². The molecular weight excluding hydrogens is 232 g/mol. The molecule has 1 aliphatic rings. The van der Waals surface area contributed by atoms with E-state index in [-0.39, 0.29) is 5.91 Å². The van der Waals surface area contributed by atoms with Gasteiger partial charge in [-0.2, -0.15) is 0 Å². The van der Waals surface area contributed by atoms with Gasteiger partial charge in [0.2, 0.25) is 0 Å². The second kappa shape index (κ2) is 4.67. The molecular formula is C13H14N2OS. The van der Waals surface area contributed by atoms with Crippen molar-refractivity contribution in [3.63, 3.8) is 0 Å². The van der Waals surface area contributed by atoms with E-state index in [1.54, 1.807) is 6.08 Å². The van der Waals surface area contributed by atoms with Crippen molar-refractivity contribution in [2.45, 2.75) is 19.8 Å². The summed E-state index contributed by atoms with van der Waals surface area (Å²) in [4.78, 5) is 11.4. The molecule has 88 valence electrons. The zero-order valence-electron chi connectivity index (χ0n) is 9.78.